The molecule has 2 fully saturated rings. The lowest BCUT2D eigenvalue weighted by Crippen LogP contribution is -2.44. The van der Waals surface area contributed by atoms with Gasteiger partial charge in [-0.15, -0.1) is 0 Å². The normalized spacial score (nSPS) is 26.0. The third-order valence-corrected chi connectivity index (χ3v) is 10.9. The molecule has 3 heterocycles. The minimum atomic E-state index is -3.46. The average Bonchev–Trinajstić information content (AvgIpc) is 3.53. The van der Waals surface area contributed by atoms with E-state index in [1.165, 1.54) is 9.80 Å². The predicted octanol–water partition coefficient (Wildman–Crippen LogP) is 3.81. The number of benzene rings is 2. The van der Waals surface area contributed by atoms with Crippen LogP contribution in [0.5, 0.6) is 0 Å². The minimum absolute atomic E-state index is 0.117. The van der Waals surface area contributed by atoms with Gasteiger partial charge < -0.3 is 28.5 Å². The van der Waals surface area contributed by atoms with Crippen molar-refractivity contribution in [2.75, 3.05) is 43.2 Å². The molecule has 2 saturated heterocycles. The standard InChI is InChI=1S/C29H36FN3O6Si/c1-19-26(40(3,4)30)24(17-25(35)32(12-14-34)18-20-8-6-5-7-9-20)39-29(19)22-16-21(33-13-15-38-28(33)37)10-11-23(22)31(2)27(29)36/h5-11,16,19,24,26,34H,12-15,17-18H2,1-4H3/t19-,24+,26-,29+/m0/s1. The lowest BCUT2D eigenvalue weighted by Gasteiger charge is -2.31. The topological polar surface area (TPSA) is 99.6 Å². The minimum Gasteiger partial charge on any atom is -0.447 e. The van der Waals surface area contributed by atoms with Gasteiger partial charge >= 0.3 is 6.09 Å². The zero-order chi connectivity index (χ0) is 28.8. The number of carbonyl (C=O) groups excluding carboxylic acids is 3. The smallest absolute Gasteiger partial charge is 0.414 e. The molecule has 1 spiro atoms. The summed E-state index contributed by atoms with van der Waals surface area (Å²) in [6, 6.07) is 14.7. The highest BCUT2D eigenvalue weighted by Crippen LogP contribution is 2.60. The Balaban J connectivity index is 1.50. The summed E-state index contributed by atoms with van der Waals surface area (Å²) >= 11 is 0. The summed E-state index contributed by atoms with van der Waals surface area (Å²) in [6.45, 7) is 5.88. The van der Waals surface area contributed by atoms with Crippen molar-refractivity contribution in [3.8, 4) is 0 Å². The molecule has 1 N–H and O–H groups in total. The molecule has 0 aromatic heterocycles. The monoisotopic (exact) mass is 569 g/mol. The first-order chi connectivity index (χ1) is 19.0. The number of aliphatic hydroxyl groups excluding tert-OH is 1. The summed E-state index contributed by atoms with van der Waals surface area (Å²) in [6.07, 6.45) is -1.42. The number of hydrogen-bond acceptors (Lipinski definition) is 6. The van der Waals surface area contributed by atoms with Crippen molar-refractivity contribution in [3.63, 3.8) is 0 Å². The molecule has 40 heavy (non-hydrogen) atoms. The molecule has 0 saturated carbocycles. The van der Waals surface area contributed by atoms with Crippen molar-refractivity contribution in [3.05, 3.63) is 59.7 Å². The largest absolute Gasteiger partial charge is 0.447 e. The van der Waals surface area contributed by atoms with Crippen LogP contribution in [-0.2, 0) is 31.2 Å². The summed E-state index contributed by atoms with van der Waals surface area (Å²) in [7, 11) is -1.80. The second-order valence-electron chi connectivity index (χ2n) is 11.3. The number of fused-ring (bicyclic) bond motifs is 2. The lowest BCUT2D eigenvalue weighted by molar-refractivity contribution is -0.149. The Labute approximate surface area is 234 Å². The van der Waals surface area contributed by atoms with Gasteiger partial charge in [0.1, 0.15) is 6.61 Å². The van der Waals surface area contributed by atoms with Gasteiger partial charge in [0.05, 0.1) is 31.4 Å². The lowest BCUT2D eigenvalue weighted by atomic mass is 9.82. The predicted molar refractivity (Wildman–Crippen MR) is 150 cm³/mol. The van der Waals surface area contributed by atoms with Crippen molar-refractivity contribution in [1.82, 2.24) is 4.90 Å². The van der Waals surface area contributed by atoms with Gasteiger partial charge in [0.2, 0.25) is 14.3 Å². The number of amides is 3. The quantitative estimate of drug-likeness (QED) is 0.384. The van der Waals surface area contributed by atoms with E-state index in [-0.39, 0.29) is 38.0 Å². The van der Waals surface area contributed by atoms with E-state index >= 15 is 4.11 Å². The number of halogens is 1. The van der Waals surface area contributed by atoms with Gasteiger partial charge in [0.25, 0.3) is 5.91 Å². The van der Waals surface area contributed by atoms with Gasteiger partial charge in [-0.1, -0.05) is 37.3 Å². The zero-order valence-electron chi connectivity index (χ0n) is 23.3. The van der Waals surface area contributed by atoms with Crippen LogP contribution in [0.1, 0.15) is 24.5 Å². The van der Waals surface area contributed by atoms with Crippen LogP contribution in [0.3, 0.4) is 0 Å². The number of anilines is 2. The van der Waals surface area contributed by atoms with E-state index in [0.717, 1.165) is 5.56 Å². The summed E-state index contributed by atoms with van der Waals surface area (Å²) < 4.78 is 27.8. The van der Waals surface area contributed by atoms with Crippen molar-refractivity contribution in [2.24, 2.45) is 5.92 Å². The molecule has 0 unspecified atom stereocenters. The maximum Gasteiger partial charge on any atom is 0.414 e. The molecule has 3 aliphatic heterocycles. The summed E-state index contributed by atoms with van der Waals surface area (Å²) in [5.41, 5.74) is 0.546. The molecule has 4 atom stereocenters. The summed E-state index contributed by atoms with van der Waals surface area (Å²) in [4.78, 5) is 44.4. The van der Waals surface area contributed by atoms with Crippen molar-refractivity contribution < 1.29 is 33.1 Å². The van der Waals surface area contributed by atoms with Gasteiger partial charge in [0, 0.05) is 42.8 Å². The number of likely N-dealkylation sites (N-methyl/N-ethyl adjacent to an activating group) is 1. The molecule has 11 heteroatoms. The highest BCUT2D eigenvalue weighted by molar-refractivity contribution is 6.72. The molecule has 0 bridgehead atoms. The highest BCUT2D eigenvalue weighted by Gasteiger charge is 2.66. The van der Waals surface area contributed by atoms with Gasteiger partial charge in [0.15, 0.2) is 5.60 Å². The maximum absolute atomic E-state index is 16.1. The van der Waals surface area contributed by atoms with Crippen molar-refractivity contribution >= 4 is 37.7 Å². The molecular formula is C29H36FN3O6Si. The van der Waals surface area contributed by atoms with Crippen LogP contribution in [0.25, 0.3) is 0 Å². The van der Waals surface area contributed by atoms with E-state index in [0.29, 0.717) is 30.0 Å². The highest BCUT2D eigenvalue weighted by atomic mass is 28.4. The number of aliphatic hydroxyl groups is 1. The van der Waals surface area contributed by atoms with E-state index in [4.69, 9.17) is 9.47 Å². The first-order valence-electron chi connectivity index (χ1n) is 13.6. The van der Waals surface area contributed by atoms with Crippen LogP contribution >= 0.6 is 0 Å². The number of nitrogens with zero attached hydrogens (tertiary/aromatic N) is 3. The van der Waals surface area contributed by atoms with E-state index in [9.17, 15) is 19.5 Å². The number of hydrogen-bond donors (Lipinski definition) is 1. The maximum atomic E-state index is 16.1. The van der Waals surface area contributed by atoms with Gasteiger partial charge in [-0.2, -0.15) is 0 Å². The number of carbonyl (C=O) groups is 3. The van der Waals surface area contributed by atoms with Crippen molar-refractivity contribution in [1.29, 1.82) is 0 Å². The van der Waals surface area contributed by atoms with Crippen LogP contribution in [0.15, 0.2) is 48.5 Å². The van der Waals surface area contributed by atoms with Crippen LogP contribution in [-0.4, -0.2) is 75.8 Å². The first-order valence-corrected chi connectivity index (χ1v) is 16.6. The molecule has 214 valence electrons. The second kappa shape index (κ2) is 10.6. The van der Waals surface area contributed by atoms with Gasteiger partial charge in [-0.25, -0.2) is 4.79 Å². The third kappa shape index (κ3) is 4.69. The third-order valence-electron chi connectivity index (χ3n) is 8.46. The van der Waals surface area contributed by atoms with Crippen LogP contribution in [0.4, 0.5) is 20.3 Å². The average molecular weight is 570 g/mol. The molecule has 0 radical (unpaired) electrons. The summed E-state index contributed by atoms with van der Waals surface area (Å²) in [5.74, 6) is -1.15. The molecule has 9 nitrogen and oxygen atoms in total. The molecule has 2 aromatic rings. The number of cyclic esters (lactones) is 1. The molecular weight excluding hydrogens is 533 g/mol. The summed E-state index contributed by atoms with van der Waals surface area (Å²) in [5, 5.41) is 9.66. The van der Waals surface area contributed by atoms with E-state index in [2.05, 4.69) is 0 Å². The Kier molecular flexibility index (Phi) is 7.49. The van der Waals surface area contributed by atoms with Gasteiger partial charge in [-0.3, -0.25) is 14.5 Å². The van der Waals surface area contributed by atoms with E-state index in [1.54, 1.807) is 43.2 Å². The Bertz CT molecular complexity index is 1300. The zero-order valence-corrected chi connectivity index (χ0v) is 24.3. The number of rotatable bonds is 8. The fraction of sp³-hybridized carbons (Fsp3) is 0.483. The van der Waals surface area contributed by atoms with Crippen LogP contribution < -0.4 is 9.80 Å². The van der Waals surface area contributed by atoms with Crippen LogP contribution in [0.2, 0.25) is 18.6 Å². The molecule has 0 aliphatic carbocycles. The number of ether oxygens (including phenoxy) is 2. The van der Waals surface area contributed by atoms with Gasteiger partial charge in [-0.05, 0) is 36.9 Å². The molecule has 3 aliphatic rings. The van der Waals surface area contributed by atoms with E-state index < -0.39 is 37.7 Å². The Hall–Kier alpha value is -3.28. The SMILES string of the molecule is C[C@H]1[C@H]([Si](C)(C)F)[C@@H](CC(=O)N(CCO)Cc2ccccc2)O[C@]12C(=O)N(C)c1ccc(N3CCOC3=O)cc12. The fourth-order valence-corrected chi connectivity index (χ4v) is 9.15. The Morgan fingerprint density at radius 3 is 2.55 bits per heavy atom. The molecule has 5 rings (SSSR count). The van der Waals surface area contributed by atoms with E-state index in [1.807, 2.05) is 37.3 Å². The molecule has 3 amide bonds. The Morgan fingerprint density at radius 1 is 1.20 bits per heavy atom. The first kappa shape index (κ1) is 28.3. The Morgan fingerprint density at radius 2 is 1.93 bits per heavy atom. The fourth-order valence-electron chi connectivity index (χ4n) is 6.65. The second-order valence-corrected chi connectivity index (χ2v) is 15.1. The molecule has 2 aromatic carbocycles. The van der Waals surface area contributed by atoms with Crippen LogP contribution in [0, 0.1) is 5.92 Å². The van der Waals surface area contributed by atoms with Crippen molar-refractivity contribution in [2.45, 2.75) is 50.2 Å².